The van der Waals surface area contributed by atoms with Crippen LogP contribution in [0.5, 0.6) is 5.75 Å². The quantitative estimate of drug-likeness (QED) is 0.338. The maximum absolute atomic E-state index is 12.7. The Balaban J connectivity index is 1.46. The Morgan fingerprint density at radius 2 is 1.75 bits per heavy atom. The third kappa shape index (κ3) is 5.85. The van der Waals surface area contributed by atoms with Crippen LogP contribution in [-0.2, 0) is 11.4 Å². The van der Waals surface area contributed by atoms with Crippen molar-refractivity contribution in [3.63, 3.8) is 0 Å². The summed E-state index contributed by atoms with van der Waals surface area (Å²) in [7, 11) is 0. The molecule has 1 aliphatic carbocycles. The smallest absolute Gasteiger partial charge is 0.262 e. The number of carbonyl (C=O) groups excluding carboxylic acids is 1. The van der Waals surface area contributed by atoms with E-state index in [1.807, 2.05) is 56.3 Å². The van der Waals surface area contributed by atoms with Gasteiger partial charge in [-0.1, -0.05) is 31.4 Å². The fourth-order valence-corrected chi connectivity index (χ4v) is 4.68. The van der Waals surface area contributed by atoms with Crippen LogP contribution >= 0.6 is 0 Å². The van der Waals surface area contributed by atoms with Gasteiger partial charge in [0.1, 0.15) is 24.0 Å². The number of nitrogens with zero attached hydrogens (tertiary/aromatic N) is 3. The summed E-state index contributed by atoms with van der Waals surface area (Å²) < 4.78 is 8.00. The highest BCUT2D eigenvalue weighted by Gasteiger charge is 2.19. The van der Waals surface area contributed by atoms with Crippen molar-refractivity contribution in [1.29, 1.82) is 10.5 Å². The topological polar surface area (TPSA) is 90.8 Å². The van der Waals surface area contributed by atoms with Crippen LogP contribution in [0.15, 0.2) is 60.2 Å². The van der Waals surface area contributed by atoms with Crippen LogP contribution < -0.4 is 10.1 Å². The van der Waals surface area contributed by atoms with Crippen LogP contribution in [0.1, 0.15) is 60.2 Å². The molecule has 1 fully saturated rings. The SMILES string of the molecule is Cc1cc(C=C(C#N)C(=O)NC2CCCCC2)c(C)n1-c1ccc(OCc2ccc(C#N)cc2)cc1. The molecular weight excluding hydrogens is 448 g/mol. The molecule has 182 valence electrons. The minimum atomic E-state index is -0.294. The Kier molecular flexibility index (Phi) is 7.88. The van der Waals surface area contributed by atoms with Gasteiger partial charge < -0.3 is 14.6 Å². The van der Waals surface area contributed by atoms with E-state index in [2.05, 4.69) is 22.0 Å². The molecule has 0 spiro atoms. The van der Waals surface area contributed by atoms with Crippen LogP contribution in [-0.4, -0.2) is 16.5 Å². The molecule has 4 rings (SSSR count). The number of ether oxygens (including phenoxy) is 1. The van der Waals surface area contributed by atoms with Crippen molar-refractivity contribution >= 4 is 12.0 Å². The zero-order valence-corrected chi connectivity index (χ0v) is 20.8. The van der Waals surface area contributed by atoms with Gasteiger partial charge in [-0.25, -0.2) is 0 Å². The van der Waals surface area contributed by atoms with Crippen molar-refractivity contribution in [3.8, 4) is 23.6 Å². The monoisotopic (exact) mass is 478 g/mol. The van der Waals surface area contributed by atoms with E-state index in [-0.39, 0.29) is 17.5 Å². The summed E-state index contributed by atoms with van der Waals surface area (Å²) in [5.41, 5.74) is 5.54. The van der Waals surface area contributed by atoms with Gasteiger partial charge in [0.2, 0.25) is 0 Å². The largest absolute Gasteiger partial charge is 0.489 e. The third-order valence-corrected chi connectivity index (χ3v) is 6.66. The summed E-state index contributed by atoms with van der Waals surface area (Å²) in [5.74, 6) is 0.454. The van der Waals surface area contributed by atoms with Crippen molar-refractivity contribution in [2.75, 3.05) is 0 Å². The Bertz CT molecular complexity index is 1330. The molecule has 1 N–H and O–H groups in total. The van der Waals surface area contributed by atoms with Gasteiger partial charge in [-0.3, -0.25) is 4.79 Å². The fourth-order valence-electron chi connectivity index (χ4n) is 4.68. The lowest BCUT2D eigenvalue weighted by atomic mass is 9.95. The van der Waals surface area contributed by atoms with Crippen LogP contribution in [0, 0.1) is 36.5 Å². The molecule has 36 heavy (non-hydrogen) atoms. The standard InChI is InChI=1S/C30H30N4O2/c1-21-16-25(17-26(19-32)30(35)33-27-6-4-3-5-7-27)22(2)34(21)28-12-14-29(15-13-28)36-20-24-10-8-23(18-31)9-11-24/h8-17,27H,3-7,20H2,1-2H3,(H,33,35). The highest BCUT2D eigenvalue weighted by molar-refractivity contribution is 6.02. The number of nitriles is 2. The van der Waals surface area contributed by atoms with Crippen molar-refractivity contribution in [1.82, 2.24) is 9.88 Å². The van der Waals surface area contributed by atoms with Crippen LogP contribution in [0.25, 0.3) is 11.8 Å². The van der Waals surface area contributed by atoms with E-state index in [1.165, 1.54) is 6.42 Å². The first-order valence-corrected chi connectivity index (χ1v) is 12.3. The normalized spacial score (nSPS) is 14.1. The fraction of sp³-hybridized carbons (Fsp3) is 0.300. The lowest BCUT2D eigenvalue weighted by Gasteiger charge is -2.22. The van der Waals surface area contributed by atoms with Crippen molar-refractivity contribution in [3.05, 3.63) is 88.2 Å². The van der Waals surface area contributed by atoms with Crippen LogP contribution in [0.4, 0.5) is 0 Å². The molecule has 0 radical (unpaired) electrons. The number of hydrogen-bond donors (Lipinski definition) is 1. The molecule has 2 aromatic carbocycles. The zero-order chi connectivity index (χ0) is 25.5. The molecule has 0 aliphatic heterocycles. The third-order valence-electron chi connectivity index (χ3n) is 6.66. The molecular formula is C30H30N4O2. The first-order chi connectivity index (χ1) is 17.5. The number of aryl methyl sites for hydroxylation is 1. The van der Waals surface area contributed by atoms with E-state index in [9.17, 15) is 10.1 Å². The van der Waals surface area contributed by atoms with Crippen molar-refractivity contribution < 1.29 is 9.53 Å². The number of rotatable bonds is 7. The molecule has 0 atom stereocenters. The zero-order valence-electron chi connectivity index (χ0n) is 20.8. The number of amides is 1. The molecule has 0 unspecified atom stereocenters. The van der Waals surface area contributed by atoms with Gasteiger partial charge in [0.05, 0.1) is 11.6 Å². The number of nitrogens with one attached hydrogen (secondary N) is 1. The van der Waals surface area contributed by atoms with E-state index in [0.29, 0.717) is 12.2 Å². The Morgan fingerprint density at radius 1 is 1.06 bits per heavy atom. The second-order valence-electron chi connectivity index (χ2n) is 9.23. The van der Waals surface area contributed by atoms with E-state index in [4.69, 9.17) is 10.00 Å². The predicted molar refractivity (Wildman–Crippen MR) is 139 cm³/mol. The van der Waals surface area contributed by atoms with E-state index < -0.39 is 0 Å². The minimum Gasteiger partial charge on any atom is -0.489 e. The van der Waals surface area contributed by atoms with Crippen LogP contribution in [0.3, 0.4) is 0 Å². The highest BCUT2D eigenvalue weighted by atomic mass is 16.5. The Labute approximate surface area is 212 Å². The van der Waals surface area contributed by atoms with Crippen molar-refractivity contribution in [2.24, 2.45) is 0 Å². The van der Waals surface area contributed by atoms with Gasteiger partial charge in [0.15, 0.2) is 0 Å². The number of carbonyl (C=O) groups is 1. The molecule has 1 aromatic heterocycles. The maximum Gasteiger partial charge on any atom is 0.262 e. The molecule has 1 saturated carbocycles. The predicted octanol–water partition coefficient (Wildman–Crippen LogP) is 5.90. The molecule has 0 saturated heterocycles. The summed E-state index contributed by atoms with van der Waals surface area (Å²) in [6.07, 6.45) is 7.10. The average molecular weight is 479 g/mol. The number of benzene rings is 2. The van der Waals surface area contributed by atoms with Gasteiger partial charge in [0.25, 0.3) is 5.91 Å². The minimum absolute atomic E-state index is 0.132. The molecule has 3 aromatic rings. The lowest BCUT2D eigenvalue weighted by Crippen LogP contribution is -2.36. The van der Waals surface area contributed by atoms with Gasteiger partial charge in [0, 0.05) is 23.1 Å². The van der Waals surface area contributed by atoms with Crippen molar-refractivity contribution in [2.45, 2.75) is 58.6 Å². The molecule has 6 heteroatoms. The Hall–Kier alpha value is -4.29. The average Bonchev–Trinajstić information content (AvgIpc) is 3.19. The summed E-state index contributed by atoms with van der Waals surface area (Å²) in [5, 5.41) is 21.6. The second-order valence-corrected chi connectivity index (χ2v) is 9.23. The number of hydrogen-bond acceptors (Lipinski definition) is 4. The summed E-state index contributed by atoms with van der Waals surface area (Å²) in [6.45, 7) is 4.41. The second kappa shape index (κ2) is 11.4. The highest BCUT2D eigenvalue weighted by Crippen LogP contribution is 2.25. The summed E-state index contributed by atoms with van der Waals surface area (Å²) in [4.78, 5) is 12.7. The molecule has 1 heterocycles. The Morgan fingerprint density at radius 3 is 2.39 bits per heavy atom. The lowest BCUT2D eigenvalue weighted by molar-refractivity contribution is -0.117. The van der Waals surface area contributed by atoms with E-state index in [0.717, 1.165) is 59.6 Å². The van der Waals surface area contributed by atoms with Gasteiger partial charge in [-0.05, 0) is 86.4 Å². The molecule has 0 bridgehead atoms. The van der Waals surface area contributed by atoms with Gasteiger partial charge in [-0.2, -0.15) is 10.5 Å². The van der Waals surface area contributed by atoms with Gasteiger partial charge >= 0.3 is 0 Å². The number of aromatic nitrogens is 1. The first kappa shape index (κ1) is 24.8. The molecule has 1 amide bonds. The van der Waals surface area contributed by atoms with Gasteiger partial charge in [-0.15, -0.1) is 0 Å². The van der Waals surface area contributed by atoms with E-state index >= 15 is 0 Å². The van der Waals surface area contributed by atoms with Crippen LogP contribution in [0.2, 0.25) is 0 Å². The first-order valence-electron chi connectivity index (χ1n) is 12.3. The molecule has 1 aliphatic rings. The maximum atomic E-state index is 12.7. The summed E-state index contributed by atoms with van der Waals surface area (Å²) in [6, 6.07) is 21.5. The van der Waals surface area contributed by atoms with E-state index in [1.54, 1.807) is 18.2 Å². The summed E-state index contributed by atoms with van der Waals surface area (Å²) >= 11 is 0. The molecule has 6 nitrogen and oxygen atoms in total.